The highest BCUT2D eigenvalue weighted by Crippen LogP contribution is 2.26. The number of halogens is 1. The lowest BCUT2D eigenvalue weighted by atomic mass is 9.85. The highest BCUT2D eigenvalue weighted by atomic mass is 127. The lowest BCUT2D eigenvalue weighted by Crippen LogP contribution is -2.23. The fourth-order valence-corrected chi connectivity index (χ4v) is 1.93. The van der Waals surface area contributed by atoms with Crippen molar-refractivity contribution >= 4 is 28.4 Å². The minimum Gasteiger partial charge on any atom is -0.369 e. The van der Waals surface area contributed by atoms with E-state index in [2.05, 4.69) is 15.3 Å². The first-order valence-corrected chi connectivity index (χ1v) is 5.82. The van der Waals surface area contributed by atoms with Crippen molar-refractivity contribution in [3.05, 3.63) is 20.3 Å². The monoisotopic (exact) mass is 305 g/mol. The molecule has 1 heterocycles. The highest BCUT2D eigenvalue weighted by molar-refractivity contribution is 14.1. The molecule has 0 atom stereocenters. The van der Waals surface area contributed by atoms with E-state index in [4.69, 9.17) is 0 Å². The Morgan fingerprint density at radius 1 is 1.64 bits per heavy atom. The second-order valence-electron chi connectivity index (χ2n) is 3.57. The molecule has 1 aliphatic rings. The minimum absolute atomic E-state index is 0.0725. The molecule has 0 radical (unpaired) electrons. The first-order valence-electron chi connectivity index (χ1n) is 4.74. The number of H-pyrrole nitrogens is 1. The van der Waals surface area contributed by atoms with Gasteiger partial charge in [0.05, 0.1) is 6.33 Å². The summed E-state index contributed by atoms with van der Waals surface area (Å²) in [6, 6.07) is 0. The third-order valence-corrected chi connectivity index (χ3v) is 3.58. The fraction of sp³-hybridized carbons (Fsp3) is 0.556. The number of rotatable bonds is 3. The molecule has 76 valence electrons. The van der Waals surface area contributed by atoms with Gasteiger partial charge in [-0.15, -0.1) is 0 Å². The maximum Gasteiger partial charge on any atom is 0.266 e. The number of aromatic amines is 1. The molecular formula is C9H12IN3O. The number of anilines is 1. The van der Waals surface area contributed by atoms with Crippen molar-refractivity contribution in [2.24, 2.45) is 5.92 Å². The largest absolute Gasteiger partial charge is 0.369 e. The molecule has 0 bridgehead atoms. The zero-order valence-corrected chi connectivity index (χ0v) is 9.87. The summed E-state index contributed by atoms with van der Waals surface area (Å²) in [4.78, 5) is 17.9. The lowest BCUT2D eigenvalue weighted by Gasteiger charge is -2.25. The Morgan fingerprint density at radius 3 is 3.07 bits per heavy atom. The van der Waals surface area contributed by atoms with Gasteiger partial charge in [-0.05, 0) is 41.4 Å². The van der Waals surface area contributed by atoms with E-state index >= 15 is 0 Å². The van der Waals surface area contributed by atoms with Crippen LogP contribution in [0.4, 0.5) is 5.82 Å². The van der Waals surface area contributed by atoms with Crippen molar-refractivity contribution < 1.29 is 0 Å². The van der Waals surface area contributed by atoms with Gasteiger partial charge >= 0.3 is 0 Å². The van der Waals surface area contributed by atoms with Crippen LogP contribution in [-0.2, 0) is 0 Å². The SMILES string of the molecule is O=c1[nH]cnc(NCC2CCC2)c1I. The summed E-state index contributed by atoms with van der Waals surface area (Å²) < 4.78 is 0.643. The van der Waals surface area contributed by atoms with Crippen LogP contribution in [0.5, 0.6) is 0 Å². The zero-order valence-electron chi connectivity index (χ0n) is 7.72. The first kappa shape index (κ1) is 9.95. The van der Waals surface area contributed by atoms with Crippen LogP contribution >= 0.6 is 22.6 Å². The Hall–Kier alpha value is -0.590. The van der Waals surface area contributed by atoms with Gasteiger partial charge in [-0.2, -0.15) is 0 Å². The number of nitrogens with one attached hydrogen (secondary N) is 2. The van der Waals surface area contributed by atoms with Gasteiger partial charge in [0.2, 0.25) is 0 Å². The molecule has 1 fully saturated rings. The fourth-order valence-electron chi connectivity index (χ4n) is 1.44. The smallest absolute Gasteiger partial charge is 0.266 e. The topological polar surface area (TPSA) is 57.8 Å². The number of aromatic nitrogens is 2. The van der Waals surface area contributed by atoms with E-state index in [1.54, 1.807) is 0 Å². The van der Waals surface area contributed by atoms with Crippen LogP contribution in [0, 0.1) is 9.49 Å². The quantitative estimate of drug-likeness (QED) is 0.834. The molecule has 1 aliphatic carbocycles. The van der Waals surface area contributed by atoms with Crippen LogP contribution in [0.1, 0.15) is 19.3 Å². The van der Waals surface area contributed by atoms with E-state index in [9.17, 15) is 4.79 Å². The average Bonchev–Trinajstić information content (AvgIpc) is 2.09. The molecule has 0 aliphatic heterocycles. The maximum atomic E-state index is 11.2. The van der Waals surface area contributed by atoms with Gasteiger partial charge in [-0.25, -0.2) is 4.98 Å². The van der Waals surface area contributed by atoms with Gasteiger partial charge in [0.15, 0.2) is 0 Å². The zero-order chi connectivity index (χ0) is 9.97. The number of nitrogens with zero attached hydrogens (tertiary/aromatic N) is 1. The third-order valence-electron chi connectivity index (χ3n) is 2.58. The molecule has 14 heavy (non-hydrogen) atoms. The van der Waals surface area contributed by atoms with Gasteiger partial charge in [0.25, 0.3) is 5.56 Å². The van der Waals surface area contributed by atoms with Crippen LogP contribution in [-0.4, -0.2) is 16.5 Å². The van der Waals surface area contributed by atoms with Crippen molar-refractivity contribution in [3.8, 4) is 0 Å². The molecule has 1 aromatic rings. The highest BCUT2D eigenvalue weighted by Gasteiger charge is 2.17. The summed E-state index contributed by atoms with van der Waals surface area (Å²) >= 11 is 2.01. The molecule has 0 unspecified atom stereocenters. The Labute approximate surface area is 95.7 Å². The normalized spacial score (nSPS) is 16.4. The van der Waals surface area contributed by atoms with E-state index in [1.807, 2.05) is 22.6 Å². The Morgan fingerprint density at radius 2 is 2.43 bits per heavy atom. The molecule has 2 rings (SSSR count). The van der Waals surface area contributed by atoms with Crippen molar-refractivity contribution in [1.82, 2.24) is 9.97 Å². The minimum atomic E-state index is -0.0725. The summed E-state index contributed by atoms with van der Waals surface area (Å²) in [7, 11) is 0. The molecule has 0 aromatic carbocycles. The third kappa shape index (κ3) is 2.08. The predicted octanol–water partition coefficient (Wildman–Crippen LogP) is 1.59. The van der Waals surface area contributed by atoms with Gasteiger partial charge in [-0.3, -0.25) is 4.79 Å². The molecule has 0 spiro atoms. The van der Waals surface area contributed by atoms with E-state index in [0.29, 0.717) is 9.39 Å². The van der Waals surface area contributed by atoms with Crippen LogP contribution in [0.25, 0.3) is 0 Å². The molecule has 0 saturated heterocycles. The molecule has 4 nitrogen and oxygen atoms in total. The molecule has 0 amide bonds. The Kier molecular flexibility index (Phi) is 3.05. The van der Waals surface area contributed by atoms with Gasteiger partial charge in [0, 0.05) is 6.54 Å². The molecule has 5 heteroatoms. The second-order valence-corrected chi connectivity index (χ2v) is 4.65. The van der Waals surface area contributed by atoms with E-state index in [0.717, 1.165) is 12.5 Å². The van der Waals surface area contributed by atoms with Crippen molar-refractivity contribution in [2.45, 2.75) is 19.3 Å². The summed E-state index contributed by atoms with van der Waals surface area (Å²) in [5.74, 6) is 1.48. The van der Waals surface area contributed by atoms with Crippen molar-refractivity contribution in [3.63, 3.8) is 0 Å². The van der Waals surface area contributed by atoms with Crippen LogP contribution in [0.3, 0.4) is 0 Å². The maximum absolute atomic E-state index is 11.2. The molecule has 1 saturated carbocycles. The first-order chi connectivity index (χ1) is 6.77. The molecule has 2 N–H and O–H groups in total. The van der Waals surface area contributed by atoms with Gasteiger partial charge < -0.3 is 10.3 Å². The van der Waals surface area contributed by atoms with Crippen LogP contribution in [0.15, 0.2) is 11.1 Å². The number of hydrogen-bond acceptors (Lipinski definition) is 3. The van der Waals surface area contributed by atoms with E-state index in [-0.39, 0.29) is 5.56 Å². The predicted molar refractivity (Wildman–Crippen MR) is 63.4 cm³/mol. The van der Waals surface area contributed by atoms with Crippen LogP contribution < -0.4 is 10.9 Å². The van der Waals surface area contributed by atoms with E-state index in [1.165, 1.54) is 25.6 Å². The summed E-state index contributed by atoms with van der Waals surface area (Å²) in [6.45, 7) is 0.937. The van der Waals surface area contributed by atoms with Gasteiger partial charge in [-0.1, -0.05) is 6.42 Å². The summed E-state index contributed by atoms with van der Waals surface area (Å²) in [5, 5.41) is 3.22. The van der Waals surface area contributed by atoms with Gasteiger partial charge in [0.1, 0.15) is 9.39 Å². The Balaban J connectivity index is 2.01. The standard InChI is InChI=1S/C9H12IN3O/c10-7-8(12-5-13-9(7)14)11-4-6-2-1-3-6/h5-6H,1-4H2,(H2,11,12,13,14). The van der Waals surface area contributed by atoms with E-state index < -0.39 is 0 Å². The van der Waals surface area contributed by atoms with Crippen molar-refractivity contribution in [2.75, 3.05) is 11.9 Å². The second kappa shape index (κ2) is 4.29. The summed E-state index contributed by atoms with van der Waals surface area (Å²) in [6.07, 6.45) is 5.37. The summed E-state index contributed by atoms with van der Waals surface area (Å²) in [5.41, 5.74) is -0.0725. The van der Waals surface area contributed by atoms with Crippen LogP contribution in [0.2, 0.25) is 0 Å². The number of hydrogen-bond donors (Lipinski definition) is 2. The molecule has 1 aromatic heterocycles. The van der Waals surface area contributed by atoms with Crippen molar-refractivity contribution in [1.29, 1.82) is 0 Å². The molecular weight excluding hydrogens is 293 g/mol. The lowest BCUT2D eigenvalue weighted by molar-refractivity contribution is 0.333. The Bertz CT molecular complexity index is 373. The average molecular weight is 305 g/mol.